The lowest BCUT2D eigenvalue weighted by molar-refractivity contribution is 0.542. The summed E-state index contributed by atoms with van der Waals surface area (Å²) in [5.74, 6) is 0.105. The fourth-order valence-electron chi connectivity index (χ4n) is 1.51. The average Bonchev–Trinajstić information content (AvgIpc) is 2.35. The van der Waals surface area contributed by atoms with Crippen LogP contribution >= 0.6 is 0 Å². The molecule has 0 bridgehead atoms. The molecule has 0 aliphatic heterocycles. The summed E-state index contributed by atoms with van der Waals surface area (Å²) in [4.78, 5) is 0. The number of benzene rings is 1. The van der Waals surface area contributed by atoms with E-state index in [9.17, 15) is 8.42 Å². The summed E-state index contributed by atoms with van der Waals surface area (Å²) in [5, 5.41) is 0. The second kappa shape index (κ2) is 6.74. The summed E-state index contributed by atoms with van der Waals surface area (Å²) in [5.41, 5.74) is 6.50. The average molecular weight is 256 g/mol. The van der Waals surface area contributed by atoms with Crippen molar-refractivity contribution >= 4 is 10.0 Å². The summed E-state index contributed by atoms with van der Waals surface area (Å²) in [6.45, 7) is 2.25. The van der Waals surface area contributed by atoms with Crippen LogP contribution in [0.2, 0.25) is 0 Å². The van der Waals surface area contributed by atoms with Crippen molar-refractivity contribution in [2.75, 3.05) is 12.3 Å². The predicted molar refractivity (Wildman–Crippen MR) is 70.2 cm³/mol. The van der Waals surface area contributed by atoms with E-state index >= 15 is 0 Å². The van der Waals surface area contributed by atoms with Gasteiger partial charge in [-0.2, -0.15) is 0 Å². The molecule has 0 aromatic heterocycles. The van der Waals surface area contributed by atoms with E-state index in [1.165, 1.54) is 0 Å². The van der Waals surface area contributed by atoms with Crippen molar-refractivity contribution in [3.63, 3.8) is 0 Å². The normalized spacial score (nSPS) is 13.5. The van der Waals surface area contributed by atoms with Crippen LogP contribution in [-0.2, 0) is 16.4 Å². The summed E-state index contributed by atoms with van der Waals surface area (Å²) in [6, 6.07) is 9.42. The molecule has 0 spiro atoms. The maximum Gasteiger partial charge on any atom is 0.212 e. The number of hydrogen-bond donors (Lipinski definition) is 2. The summed E-state index contributed by atoms with van der Waals surface area (Å²) < 4.78 is 26.1. The van der Waals surface area contributed by atoms with Crippen molar-refractivity contribution in [2.24, 2.45) is 5.73 Å². The Balaban J connectivity index is 2.50. The Hall–Kier alpha value is -0.910. The summed E-state index contributed by atoms with van der Waals surface area (Å²) in [7, 11) is -3.23. The molecule has 0 heterocycles. The van der Waals surface area contributed by atoms with Gasteiger partial charge in [0.2, 0.25) is 10.0 Å². The fourth-order valence-corrected chi connectivity index (χ4v) is 2.90. The first-order valence-corrected chi connectivity index (χ1v) is 7.46. The highest BCUT2D eigenvalue weighted by molar-refractivity contribution is 7.89. The molecule has 0 aliphatic rings. The van der Waals surface area contributed by atoms with Gasteiger partial charge in [0.15, 0.2) is 0 Å². The van der Waals surface area contributed by atoms with E-state index in [-0.39, 0.29) is 11.8 Å². The van der Waals surface area contributed by atoms with Gasteiger partial charge in [-0.3, -0.25) is 0 Å². The molecular weight excluding hydrogens is 236 g/mol. The van der Waals surface area contributed by atoms with Gasteiger partial charge in [0.25, 0.3) is 0 Å². The van der Waals surface area contributed by atoms with Crippen LogP contribution in [0.15, 0.2) is 30.3 Å². The van der Waals surface area contributed by atoms with Crippen molar-refractivity contribution < 1.29 is 8.42 Å². The van der Waals surface area contributed by atoms with Crippen molar-refractivity contribution in [2.45, 2.75) is 25.8 Å². The molecule has 5 heteroatoms. The van der Waals surface area contributed by atoms with Crippen LogP contribution in [0.5, 0.6) is 0 Å². The second-order valence-electron chi connectivity index (χ2n) is 4.01. The minimum absolute atomic E-state index is 0.105. The minimum Gasteiger partial charge on any atom is -0.329 e. The van der Waals surface area contributed by atoms with Crippen molar-refractivity contribution in [1.82, 2.24) is 4.72 Å². The molecule has 1 aromatic rings. The first-order valence-electron chi connectivity index (χ1n) is 5.81. The number of rotatable bonds is 7. The highest BCUT2D eigenvalue weighted by Crippen LogP contribution is 2.02. The molecule has 17 heavy (non-hydrogen) atoms. The van der Waals surface area contributed by atoms with E-state index < -0.39 is 10.0 Å². The molecule has 0 radical (unpaired) electrons. The monoisotopic (exact) mass is 256 g/mol. The molecule has 1 aromatic carbocycles. The Morgan fingerprint density at radius 1 is 1.29 bits per heavy atom. The van der Waals surface area contributed by atoms with E-state index in [0.29, 0.717) is 19.4 Å². The molecule has 0 saturated heterocycles. The lowest BCUT2D eigenvalue weighted by atomic mass is 10.2. The molecule has 1 rings (SSSR count). The number of hydrogen-bond acceptors (Lipinski definition) is 3. The van der Waals surface area contributed by atoms with Gasteiger partial charge in [-0.05, 0) is 18.4 Å². The second-order valence-corrected chi connectivity index (χ2v) is 5.89. The molecule has 3 N–H and O–H groups in total. The highest BCUT2D eigenvalue weighted by atomic mass is 32.2. The van der Waals surface area contributed by atoms with Crippen LogP contribution in [0.3, 0.4) is 0 Å². The minimum atomic E-state index is -3.23. The van der Waals surface area contributed by atoms with E-state index in [0.717, 1.165) is 5.56 Å². The quantitative estimate of drug-likeness (QED) is 0.761. The Labute approximate surface area is 103 Å². The zero-order chi connectivity index (χ0) is 12.7. The molecular formula is C12H20N2O2S. The molecule has 0 aliphatic carbocycles. The number of sulfonamides is 1. The molecule has 0 amide bonds. The number of nitrogens with two attached hydrogens (primary N) is 1. The highest BCUT2D eigenvalue weighted by Gasteiger charge is 2.15. The molecule has 96 valence electrons. The van der Waals surface area contributed by atoms with Crippen LogP contribution in [0, 0.1) is 0 Å². The Kier molecular flexibility index (Phi) is 5.61. The van der Waals surface area contributed by atoms with Gasteiger partial charge in [0, 0.05) is 12.6 Å². The first-order chi connectivity index (χ1) is 8.07. The lowest BCUT2D eigenvalue weighted by Gasteiger charge is -2.14. The Morgan fingerprint density at radius 2 is 1.94 bits per heavy atom. The van der Waals surface area contributed by atoms with Gasteiger partial charge in [0.1, 0.15) is 0 Å². The molecule has 4 nitrogen and oxygen atoms in total. The Bertz CT molecular complexity index is 413. The number of nitrogens with one attached hydrogen (secondary N) is 1. The molecule has 1 atom stereocenters. The fraction of sp³-hybridized carbons (Fsp3) is 0.500. The van der Waals surface area contributed by atoms with Gasteiger partial charge >= 0.3 is 0 Å². The van der Waals surface area contributed by atoms with E-state index in [4.69, 9.17) is 5.73 Å². The maximum absolute atomic E-state index is 11.8. The van der Waals surface area contributed by atoms with Crippen LogP contribution < -0.4 is 10.5 Å². The first kappa shape index (κ1) is 14.2. The van der Waals surface area contributed by atoms with Gasteiger partial charge in [-0.15, -0.1) is 0 Å². The van der Waals surface area contributed by atoms with E-state index in [2.05, 4.69) is 4.72 Å². The zero-order valence-corrected chi connectivity index (χ0v) is 10.9. The van der Waals surface area contributed by atoms with Gasteiger partial charge in [-0.25, -0.2) is 13.1 Å². The molecule has 1 unspecified atom stereocenters. The van der Waals surface area contributed by atoms with Crippen LogP contribution in [0.25, 0.3) is 0 Å². The van der Waals surface area contributed by atoms with Crippen LogP contribution in [0.4, 0.5) is 0 Å². The number of aryl methyl sites for hydroxylation is 1. The van der Waals surface area contributed by atoms with Crippen molar-refractivity contribution in [3.05, 3.63) is 35.9 Å². The molecule has 0 saturated carbocycles. The van der Waals surface area contributed by atoms with E-state index in [1.807, 2.05) is 37.3 Å². The third kappa shape index (κ3) is 5.30. The van der Waals surface area contributed by atoms with Crippen molar-refractivity contribution in [1.29, 1.82) is 0 Å². The third-order valence-corrected chi connectivity index (χ3v) is 4.06. The summed E-state index contributed by atoms with van der Waals surface area (Å²) >= 11 is 0. The van der Waals surface area contributed by atoms with Crippen LogP contribution in [-0.4, -0.2) is 26.8 Å². The SMILES string of the molecule is CCC(CN)NS(=O)(=O)CCc1ccccc1. The van der Waals surface area contributed by atoms with Gasteiger partial charge in [-0.1, -0.05) is 37.3 Å². The summed E-state index contributed by atoms with van der Waals surface area (Å²) in [6.07, 6.45) is 1.23. The largest absolute Gasteiger partial charge is 0.329 e. The lowest BCUT2D eigenvalue weighted by Crippen LogP contribution is -2.41. The smallest absolute Gasteiger partial charge is 0.212 e. The van der Waals surface area contributed by atoms with Gasteiger partial charge < -0.3 is 5.73 Å². The van der Waals surface area contributed by atoms with E-state index in [1.54, 1.807) is 0 Å². The third-order valence-electron chi connectivity index (χ3n) is 2.63. The van der Waals surface area contributed by atoms with Gasteiger partial charge in [0.05, 0.1) is 5.75 Å². The Morgan fingerprint density at radius 3 is 2.47 bits per heavy atom. The molecule has 0 fully saturated rings. The topological polar surface area (TPSA) is 72.2 Å². The standard InChI is InChI=1S/C12H20N2O2S/c1-2-12(10-13)14-17(15,16)9-8-11-6-4-3-5-7-11/h3-7,12,14H,2,8-10,13H2,1H3. The zero-order valence-electron chi connectivity index (χ0n) is 10.1. The van der Waals surface area contributed by atoms with Crippen molar-refractivity contribution in [3.8, 4) is 0 Å². The van der Waals surface area contributed by atoms with Crippen LogP contribution in [0.1, 0.15) is 18.9 Å². The maximum atomic E-state index is 11.8. The predicted octanol–water partition coefficient (Wildman–Crippen LogP) is 0.886.